The minimum Gasteiger partial charge on any atom is -0.398 e. The molecule has 0 bridgehead atoms. The second-order valence-electron chi connectivity index (χ2n) is 3.68. The van der Waals surface area contributed by atoms with E-state index in [2.05, 4.69) is 41.6 Å². The molecule has 0 aliphatic rings. The summed E-state index contributed by atoms with van der Waals surface area (Å²) in [6.45, 7) is 0. The van der Waals surface area contributed by atoms with Crippen LogP contribution in [0.1, 0.15) is 0 Å². The normalized spacial score (nSPS) is 11.3. The molecule has 2 aromatic rings. The molecule has 0 amide bonds. The van der Waals surface area contributed by atoms with Crippen LogP contribution in [0, 0.1) is 0 Å². The van der Waals surface area contributed by atoms with Gasteiger partial charge >= 0.3 is 0 Å². The Morgan fingerprint density at radius 3 is 2.53 bits per heavy atom. The van der Waals surface area contributed by atoms with E-state index in [1.165, 1.54) is 18.5 Å². The molecule has 0 radical (unpaired) electrons. The van der Waals surface area contributed by atoms with Crippen LogP contribution >= 0.6 is 31.9 Å². The summed E-state index contributed by atoms with van der Waals surface area (Å²) in [5, 5.41) is 0. The molecule has 0 aliphatic heterocycles. The van der Waals surface area contributed by atoms with E-state index < -0.39 is 10.0 Å². The Balaban J connectivity index is 2.33. The Morgan fingerprint density at radius 2 is 1.89 bits per heavy atom. The van der Waals surface area contributed by atoms with Gasteiger partial charge in [-0.3, -0.25) is 9.71 Å². The third kappa shape index (κ3) is 3.46. The molecule has 19 heavy (non-hydrogen) atoms. The molecule has 1 heterocycles. The van der Waals surface area contributed by atoms with Crippen molar-refractivity contribution < 1.29 is 8.42 Å². The zero-order chi connectivity index (χ0) is 14.0. The molecule has 0 fully saturated rings. The van der Waals surface area contributed by atoms with Gasteiger partial charge in [0, 0.05) is 27.0 Å². The van der Waals surface area contributed by atoms with Crippen molar-refractivity contribution in [2.24, 2.45) is 0 Å². The highest BCUT2D eigenvalue weighted by molar-refractivity contribution is 9.10. The van der Waals surface area contributed by atoms with Crippen molar-refractivity contribution >= 4 is 53.3 Å². The average molecular weight is 407 g/mol. The minimum atomic E-state index is -3.67. The lowest BCUT2D eigenvalue weighted by atomic mass is 10.3. The van der Waals surface area contributed by atoms with Crippen molar-refractivity contribution in [1.82, 2.24) is 4.98 Å². The quantitative estimate of drug-likeness (QED) is 0.767. The van der Waals surface area contributed by atoms with Crippen molar-refractivity contribution in [3.05, 3.63) is 45.6 Å². The molecule has 5 nitrogen and oxygen atoms in total. The second-order valence-corrected chi connectivity index (χ2v) is 7.13. The number of nitrogens with one attached hydrogen (secondary N) is 1. The number of nitrogens with zero attached hydrogens (tertiary/aromatic N) is 1. The third-order valence-corrected chi connectivity index (χ3v) is 4.71. The molecular formula is C11H9Br2N3O2S. The summed E-state index contributed by atoms with van der Waals surface area (Å²) in [4.78, 5) is 3.91. The Labute approximate surface area is 127 Å². The van der Waals surface area contributed by atoms with Crippen LogP contribution < -0.4 is 10.5 Å². The minimum absolute atomic E-state index is 0.0785. The number of anilines is 2. The Hall–Kier alpha value is -1.12. The molecule has 1 aromatic carbocycles. The van der Waals surface area contributed by atoms with Gasteiger partial charge in [-0.05, 0) is 56.1 Å². The standard InChI is InChI=1S/C11H9Br2N3O2S/c12-7-3-9(6-15-5-7)19(17,18)16-8-1-2-11(14)10(13)4-8/h1-6,16H,14H2. The molecule has 1 aromatic heterocycles. The van der Waals surface area contributed by atoms with E-state index in [0.717, 1.165) is 0 Å². The van der Waals surface area contributed by atoms with E-state index in [1.54, 1.807) is 18.2 Å². The Bertz CT molecular complexity index is 720. The lowest BCUT2D eigenvalue weighted by Crippen LogP contribution is -2.13. The fourth-order valence-electron chi connectivity index (χ4n) is 1.34. The molecule has 0 saturated heterocycles. The van der Waals surface area contributed by atoms with Crippen molar-refractivity contribution in [3.63, 3.8) is 0 Å². The first-order valence-electron chi connectivity index (χ1n) is 5.07. The maximum Gasteiger partial charge on any atom is 0.263 e. The maximum atomic E-state index is 12.1. The number of hydrogen-bond donors (Lipinski definition) is 2. The third-order valence-electron chi connectivity index (χ3n) is 2.24. The monoisotopic (exact) mass is 405 g/mol. The first-order valence-corrected chi connectivity index (χ1v) is 8.14. The lowest BCUT2D eigenvalue weighted by molar-refractivity contribution is 0.600. The van der Waals surface area contributed by atoms with Crippen molar-refractivity contribution in [2.45, 2.75) is 4.90 Å². The van der Waals surface area contributed by atoms with Crippen LogP contribution in [0.3, 0.4) is 0 Å². The summed E-state index contributed by atoms with van der Waals surface area (Å²) >= 11 is 6.42. The van der Waals surface area contributed by atoms with Gasteiger partial charge in [0.1, 0.15) is 4.90 Å². The van der Waals surface area contributed by atoms with Crippen LogP contribution in [0.2, 0.25) is 0 Å². The number of rotatable bonds is 3. The van der Waals surface area contributed by atoms with Crippen LogP contribution in [0.25, 0.3) is 0 Å². The zero-order valence-corrected chi connectivity index (χ0v) is 13.5. The van der Waals surface area contributed by atoms with Gasteiger partial charge in [0.2, 0.25) is 0 Å². The topological polar surface area (TPSA) is 85.1 Å². The summed E-state index contributed by atoms with van der Waals surface area (Å²) < 4.78 is 27.9. The second kappa shape index (κ2) is 5.48. The molecular weight excluding hydrogens is 398 g/mol. The van der Waals surface area contributed by atoms with E-state index in [-0.39, 0.29) is 4.90 Å². The number of pyridine rings is 1. The number of sulfonamides is 1. The SMILES string of the molecule is Nc1ccc(NS(=O)(=O)c2cncc(Br)c2)cc1Br. The van der Waals surface area contributed by atoms with Crippen molar-refractivity contribution in [3.8, 4) is 0 Å². The number of halogens is 2. The largest absolute Gasteiger partial charge is 0.398 e. The summed E-state index contributed by atoms with van der Waals surface area (Å²) in [7, 11) is -3.67. The summed E-state index contributed by atoms with van der Waals surface area (Å²) in [6.07, 6.45) is 2.79. The van der Waals surface area contributed by atoms with E-state index in [4.69, 9.17) is 5.73 Å². The fraction of sp³-hybridized carbons (Fsp3) is 0. The van der Waals surface area contributed by atoms with Gasteiger partial charge < -0.3 is 5.73 Å². The van der Waals surface area contributed by atoms with Crippen molar-refractivity contribution in [1.29, 1.82) is 0 Å². The summed E-state index contributed by atoms with van der Waals surface area (Å²) in [6, 6.07) is 6.27. The summed E-state index contributed by atoms with van der Waals surface area (Å²) in [5.41, 5.74) is 6.60. The molecule has 8 heteroatoms. The van der Waals surface area contributed by atoms with Crippen LogP contribution in [0.15, 0.2) is 50.5 Å². The predicted molar refractivity (Wildman–Crippen MR) is 81.3 cm³/mol. The van der Waals surface area contributed by atoms with Crippen LogP contribution in [0.5, 0.6) is 0 Å². The smallest absolute Gasteiger partial charge is 0.263 e. The molecule has 2 rings (SSSR count). The van der Waals surface area contributed by atoms with E-state index >= 15 is 0 Å². The maximum absolute atomic E-state index is 12.1. The molecule has 100 valence electrons. The Kier molecular flexibility index (Phi) is 4.12. The van der Waals surface area contributed by atoms with Crippen LogP contribution in [-0.4, -0.2) is 13.4 Å². The van der Waals surface area contributed by atoms with E-state index in [1.807, 2.05) is 0 Å². The van der Waals surface area contributed by atoms with Gasteiger partial charge in [-0.15, -0.1) is 0 Å². The van der Waals surface area contributed by atoms with E-state index in [0.29, 0.717) is 20.3 Å². The van der Waals surface area contributed by atoms with Crippen LogP contribution in [-0.2, 0) is 10.0 Å². The average Bonchev–Trinajstić information content (AvgIpc) is 2.33. The highest BCUT2D eigenvalue weighted by atomic mass is 79.9. The van der Waals surface area contributed by atoms with Gasteiger partial charge in [-0.1, -0.05) is 0 Å². The van der Waals surface area contributed by atoms with Crippen molar-refractivity contribution in [2.75, 3.05) is 10.5 Å². The molecule has 0 atom stereocenters. The predicted octanol–water partition coefficient (Wildman–Crippen LogP) is 2.99. The molecule has 3 N–H and O–H groups in total. The number of hydrogen-bond acceptors (Lipinski definition) is 4. The number of aromatic nitrogens is 1. The fourth-order valence-corrected chi connectivity index (χ4v) is 3.28. The highest BCUT2D eigenvalue weighted by Gasteiger charge is 2.15. The first-order chi connectivity index (χ1) is 8.88. The molecule has 0 unspecified atom stereocenters. The van der Waals surface area contributed by atoms with Gasteiger partial charge in [-0.25, -0.2) is 8.42 Å². The van der Waals surface area contributed by atoms with Gasteiger partial charge in [0.25, 0.3) is 10.0 Å². The van der Waals surface area contributed by atoms with E-state index in [9.17, 15) is 8.42 Å². The van der Waals surface area contributed by atoms with Gasteiger partial charge in [-0.2, -0.15) is 0 Å². The number of nitrogens with two attached hydrogens (primary N) is 1. The van der Waals surface area contributed by atoms with Gasteiger partial charge in [0.15, 0.2) is 0 Å². The first kappa shape index (κ1) is 14.3. The molecule has 0 spiro atoms. The zero-order valence-electron chi connectivity index (χ0n) is 9.47. The Morgan fingerprint density at radius 1 is 1.16 bits per heavy atom. The number of benzene rings is 1. The lowest BCUT2D eigenvalue weighted by Gasteiger charge is -2.09. The number of nitrogen functional groups attached to an aromatic ring is 1. The molecule has 0 aliphatic carbocycles. The summed E-state index contributed by atoms with van der Waals surface area (Å²) in [5.74, 6) is 0. The van der Waals surface area contributed by atoms with Crippen LogP contribution in [0.4, 0.5) is 11.4 Å². The highest BCUT2D eigenvalue weighted by Crippen LogP contribution is 2.25. The van der Waals surface area contributed by atoms with Gasteiger partial charge in [0.05, 0.1) is 5.69 Å². The molecule has 0 saturated carbocycles.